The Morgan fingerprint density at radius 3 is 2.89 bits per heavy atom. The first-order chi connectivity index (χ1) is 8.60. The Labute approximate surface area is 112 Å². The van der Waals surface area contributed by atoms with Gasteiger partial charge in [-0.25, -0.2) is 14.1 Å². The number of benzene rings is 1. The first-order valence-corrected chi connectivity index (χ1v) is 6.25. The molecule has 1 heterocycles. The molecule has 0 N–H and O–H groups in total. The zero-order valence-electron chi connectivity index (χ0n) is 9.73. The van der Waals surface area contributed by atoms with Crippen LogP contribution >= 0.6 is 15.9 Å². The van der Waals surface area contributed by atoms with Gasteiger partial charge in [-0.05, 0) is 25.1 Å². The number of carbonyl (C=O) groups excluding carboxylic acids is 1. The highest BCUT2D eigenvalue weighted by Crippen LogP contribution is 2.16. The van der Waals surface area contributed by atoms with Crippen LogP contribution in [0, 0.1) is 5.82 Å². The summed E-state index contributed by atoms with van der Waals surface area (Å²) in [7, 11) is 0. The van der Waals surface area contributed by atoms with E-state index in [9.17, 15) is 9.18 Å². The number of aryl methyl sites for hydroxylation is 1. The molecule has 0 spiro atoms. The van der Waals surface area contributed by atoms with Crippen LogP contribution < -0.4 is 0 Å². The maximum Gasteiger partial charge on any atom is 0.170 e. The largest absolute Gasteiger partial charge is 0.294 e. The van der Waals surface area contributed by atoms with Crippen molar-refractivity contribution in [3.8, 4) is 0 Å². The minimum Gasteiger partial charge on any atom is -0.294 e. The zero-order chi connectivity index (χ0) is 13.1. The van der Waals surface area contributed by atoms with E-state index >= 15 is 0 Å². The fourth-order valence-electron chi connectivity index (χ4n) is 1.65. The highest BCUT2D eigenvalue weighted by Gasteiger charge is 2.13. The van der Waals surface area contributed by atoms with Crippen molar-refractivity contribution in [2.75, 3.05) is 0 Å². The summed E-state index contributed by atoms with van der Waals surface area (Å²) in [4.78, 5) is 16.0. The van der Waals surface area contributed by atoms with Crippen LogP contribution in [0.5, 0.6) is 0 Å². The van der Waals surface area contributed by atoms with Crippen molar-refractivity contribution in [2.45, 2.75) is 19.9 Å². The molecular weight excluding hydrogens is 301 g/mol. The molecule has 0 atom stereocenters. The van der Waals surface area contributed by atoms with Gasteiger partial charge in [0.2, 0.25) is 0 Å². The molecule has 2 rings (SSSR count). The van der Waals surface area contributed by atoms with Crippen LogP contribution in [-0.4, -0.2) is 20.5 Å². The van der Waals surface area contributed by atoms with Crippen molar-refractivity contribution in [1.82, 2.24) is 14.8 Å². The van der Waals surface area contributed by atoms with Crippen LogP contribution in [0.4, 0.5) is 4.39 Å². The first-order valence-electron chi connectivity index (χ1n) is 5.46. The molecule has 0 radical (unpaired) electrons. The molecule has 0 saturated carbocycles. The highest BCUT2D eigenvalue weighted by atomic mass is 79.9. The van der Waals surface area contributed by atoms with Gasteiger partial charge in [-0.2, -0.15) is 5.10 Å². The fraction of sp³-hybridized carbons (Fsp3) is 0.250. The monoisotopic (exact) mass is 311 g/mol. The number of hydrogen-bond donors (Lipinski definition) is 0. The number of rotatable bonds is 4. The third-order valence-corrected chi connectivity index (χ3v) is 2.96. The van der Waals surface area contributed by atoms with Crippen LogP contribution in [-0.2, 0) is 13.0 Å². The van der Waals surface area contributed by atoms with E-state index in [1.165, 1.54) is 18.5 Å². The summed E-state index contributed by atoms with van der Waals surface area (Å²) in [6.45, 7) is 2.57. The number of hydrogen-bond acceptors (Lipinski definition) is 3. The Morgan fingerprint density at radius 1 is 1.44 bits per heavy atom. The van der Waals surface area contributed by atoms with Crippen LogP contribution in [0.3, 0.4) is 0 Å². The molecule has 1 aromatic carbocycles. The van der Waals surface area contributed by atoms with Crippen molar-refractivity contribution < 1.29 is 9.18 Å². The predicted octanol–water partition coefficient (Wildman–Crippen LogP) is 2.63. The Kier molecular flexibility index (Phi) is 3.86. The maximum atomic E-state index is 13.2. The maximum absolute atomic E-state index is 13.2. The van der Waals surface area contributed by atoms with Crippen molar-refractivity contribution in [3.05, 3.63) is 46.2 Å². The molecular formula is C12H11BrFN3O. The smallest absolute Gasteiger partial charge is 0.170 e. The summed E-state index contributed by atoms with van der Waals surface area (Å²) in [6, 6.07) is 4.13. The third-order valence-electron chi connectivity index (χ3n) is 2.50. The normalized spacial score (nSPS) is 10.6. The average Bonchev–Trinajstić information content (AvgIpc) is 2.75. The molecule has 0 saturated heterocycles. The van der Waals surface area contributed by atoms with Gasteiger partial charge in [0.15, 0.2) is 5.78 Å². The Morgan fingerprint density at radius 2 is 2.22 bits per heavy atom. The molecule has 94 valence electrons. The van der Waals surface area contributed by atoms with E-state index in [1.807, 2.05) is 6.92 Å². The summed E-state index contributed by atoms with van der Waals surface area (Å²) in [5.74, 6) is -0.0366. The van der Waals surface area contributed by atoms with Crippen molar-refractivity contribution in [2.24, 2.45) is 0 Å². The van der Waals surface area contributed by atoms with Gasteiger partial charge < -0.3 is 0 Å². The second-order valence-electron chi connectivity index (χ2n) is 3.75. The van der Waals surface area contributed by atoms with Gasteiger partial charge in [0.05, 0.1) is 6.42 Å². The van der Waals surface area contributed by atoms with E-state index in [2.05, 4.69) is 26.0 Å². The minimum atomic E-state index is -0.440. The van der Waals surface area contributed by atoms with E-state index in [4.69, 9.17) is 0 Å². The van der Waals surface area contributed by atoms with Gasteiger partial charge in [0.1, 0.15) is 18.0 Å². The molecule has 18 heavy (non-hydrogen) atoms. The minimum absolute atomic E-state index is 0.115. The van der Waals surface area contributed by atoms with Crippen LogP contribution in [0.25, 0.3) is 0 Å². The summed E-state index contributed by atoms with van der Waals surface area (Å²) in [5, 5.41) is 3.99. The second-order valence-corrected chi connectivity index (χ2v) is 4.67. The Hall–Kier alpha value is -1.56. The molecule has 0 aliphatic heterocycles. The molecule has 0 unspecified atom stereocenters. The molecule has 4 nitrogen and oxygen atoms in total. The van der Waals surface area contributed by atoms with Gasteiger partial charge in [0.25, 0.3) is 0 Å². The summed E-state index contributed by atoms with van der Waals surface area (Å²) >= 11 is 3.16. The lowest BCUT2D eigenvalue weighted by Gasteiger charge is -2.03. The van der Waals surface area contributed by atoms with Crippen molar-refractivity contribution in [1.29, 1.82) is 0 Å². The summed E-state index contributed by atoms with van der Waals surface area (Å²) in [5.41, 5.74) is 0.326. The van der Waals surface area contributed by atoms with Gasteiger partial charge >= 0.3 is 0 Å². The second kappa shape index (κ2) is 5.39. The number of aromatic nitrogens is 3. The SMILES string of the molecule is CCn1ncnc1CC(=O)c1cc(F)cc(Br)c1. The van der Waals surface area contributed by atoms with Gasteiger partial charge in [-0.15, -0.1) is 0 Å². The first kappa shape index (κ1) is 12.9. The molecule has 0 bridgehead atoms. The zero-order valence-corrected chi connectivity index (χ0v) is 11.3. The molecule has 6 heteroatoms. The molecule has 0 amide bonds. The quantitative estimate of drug-likeness (QED) is 0.816. The topological polar surface area (TPSA) is 47.8 Å². The number of halogens is 2. The molecule has 0 aliphatic rings. The van der Waals surface area contributed by atoms with Gasteiger partial charge in [-0.1, -0.05) is 15.9 Å². The lowest BCUT2D eigenvalue weighted by molar-refractivity contribution is 0.0989. The highest BCUT2D eigenvalue weighted by molar-refractivity contribution is 9.10. The Bertz CT molecular complexity index is 562. The number of carbonyl (C=O) groups is 1. The van der Waals surface area contributed by atoms with E-state index in [-0.39, 0.29) is 12.2 Å². The number of Topliss-reactive ketones (excluding diaryl/α,β-unsaturated/α-hetero) is 1. The predicted molar refractivity (Wildman–Crippen MR) is 67.8 cm³/mol. The molecule has 1 aromatic heterocycles. The number of nitrogens with zero attached hydrogens (tertiary/aromatic N) is 3. The fourth-order valence-corrected chi connectivity index (χ4v) is 2.11. The van der Waals surface area contributed by atoms with E-state index < -0.39 is 5.82 Å². The van der Waals surface area contributed by atoms with Gasteiger partial charge in [0, 0.05) is 16.6 Å². The average molecular weight is 312 g/mol. The van der Waals surface area contributed by atoms with Crippen molar-refractivity contribution >= 4 is 21.7 Å². The van der Waals surface area contributed by atoms with Crippen LogP contribution in [0.2, 0.25) is 0 Å². The lowest BCUT2D eigenvalue weighted by atomic mass is 10.1. The molecule has 2 aromatic rings. The van der Waals surface area contributed by atoms with Crippen molar-refractivity contribution in [3.63, 3.8) is 0 Å². The van der Waals surface area contributed by atoms with E-state index in [0.717, 1.165) is 0 Å². The van der Waals surface area contributed by atoms with E-state index in [0.29, 0.717) is 22.4 Å². The lowest BCUT2D eigenvalue weighted by Crippen LogP contribution is -2.11. The van der Waals surface area contributed by atoms with Gasteiger partial charge in [-0.3, -0.25) is 4.79 Å². The van der Waals surface area contributed by atoms with E-state index in [1.54, 1.807) is 10.7 Å². The Balaban J connectivity index is 2.22. The third kappa shape index (κ3) is 2.81. The van der Waals surface area contributed by atoms with Crippen LogP contribution in [0.15, 0.2) is 29.0 Å². The summed E-state index contributed by atoms with van der Waals surface area (Å²) in [6.07, 6.45) is 1.53. The molecule has 0 fully saturated rings. The standard InChI is InChI=1S/C12H11BrFN3O/c1-2-17-12(15-7-16-17)6-11(18)8-3-9(13)5-10(14)4-8/h3-5,7H,2,6H2,1H3. The number of ketones is 1. The summed E-state index contributed by atoms with van der Waals surface area (Å²) < 4.78 is 15.4. The molecule has 0 aliphatic carbocycles. The van der Waals surface area contributed by atoms with Crippen LogP contribution in [0.1, 0.15) is 23.1 Å².